The second kappa shape index (κ2) is 5.63. The summed E-state index contributed by atoms with van der Waals surface area (Å²) in [6.45, 7) is 0. The van der Waals surface area contributed by atoms with Crippen LogP contribution < -0.4 is 4.90 Å². The molecule has 23 heavy (non-hydrogen) atoms. The number of nitrogens with zero attached hydrogens (tertiary/aromatic N) is 1. The third-order valence-electron chi connectivity index (χ3n) is 3.36. The number of hydrogen-bond acceptors (Lipinski definition) is 3. The quantitative estimate of drug-likeness (QED) is 0.745. The summed E-state index contributed by atoms with van der Waals surface area (Å²) >= 11 is 15.0. The average Bonchev–Trinajstić information content (AvgIpc) is 2.72. The number of carboxylic acids is 1. The summed E-state index contributed by atoms with van der Waals surface area (Å²) in [5, 5.41) is 9.40. The van der Waals surface area contributed by atoms with Crippen molar-refractivity contribution in [2.45, 2.75) is 0 Å². The van der Waals surface area contributed by atoms with Crippen LogP contribution in [0.3, 0.4) is 0 Å². The molecule has 2 amide bonds. The van der Waals surface area contributed by atoms with Crippen LogP contribution in [0.25, 0.3) is 0 Å². The second-order valence-corrected chi connectivity index (χ2v) is 6.40. The number of amides is 2. The number of imide groups is 1. The lowest BCUT2D eigenvalue weighted by atomic mass is 10.1. The summed E-state index contributed by atoms with van der Waals surface area (Å²) in [5.41, 5.74) is 0.341. The number of hydrogen-bond donors (Lipinski definition) is 1. The monoisotopic (exact) mass is 413 g/mol. The van der Waals surface area contributed by atoms with Gasteiger partial charge in [0, 0.05) is 4.47 Å². The van der Waals surface area contributed by atoms with Gasteiger partial charge < -0.3 is 5.11 Å². The van der Waals surface area contributed by atoms with E-state index < -0.39 is 17.8 Å². The fourth-order valence-electron chi connectivity index (χ4n) is 2.27. The topological polar surface area (TPSA) is 74.7 Å². The number of halogens is 3. The van der Waals surface area contributed by atoms with E-state index in [1.807, 2.05) is 0 Å². The van der Waals surface area contributed by atoms with Crippen LogP contribution in [0.15, 0.2) is 34.8 Å². The van der Waals surface area contributed by atoms with Crippen molar-refractivity contribution in [1.29, 1.82) is 0 Å². The van der Waals surface area contributed by atoms with Crippen LogP contribution in [0.1, 0.15) is 31.1 Å². The van der Waals surface area contributed by atoms with Gasteiger partial charge in [0.25, 0.3) is 11.8 Å². The molecule has 0 bridgehead atoms. The van der Waals surface area contributed by atoms with Gasteiger partial charge in [0.15, 0.2) is 0 Å². The van der Waals surface area contributed by atoms with Crippen LogP contribution in [-0.2, 0) is 0 Å². The zero-order valence-corrected chi connectivity index (χ0v) is 14.2. The lowest BCUT2D eigenvalue weighted by Crippen LogP contribution is -2.29. The van der Waals surface area contributed by atoms with Crippen LogP contribution >= 0.6 is 39.1 Å². The normalized spacial score (nSPS) is 13.4. The molecular weight excluding hydrogens is 409 g/mol. The maximum Gasteiger partial charge on any atom is 0.335 e. The summed E-state index contributed by atoms with van der Waals surface area (Å²) in [6.07, 6.45) is 0. The van der Waals surface area contributed by atoms with Crippen LogP contribution in [-0.4, -0.2) is 22.9 Å². The van der Waals surface area contributed by atoms with E-state index in [9.17, 15) is 14.4 Å². The summed E-state index contributed by atoms with van der Waals surface area (Å²) in [6, 6.07) is 6.73. The van der Waals surface area contributed by atoms with Gasteiger partial charge in [-0.25, -0.2) is 9.69 Å². The molecule has 5 nitrogen and oxygen atoms in total. The number of benzene rings is 2. The Morgan fingerprint density at radius 3 is 2.00 bits per heavy atom. The van der Waals surface area contributed by atoms with E-state index in [1.54, 1.807) is 0 Å². The van der Waals surface area contributed by atoms with Crippen molar-refractivity contribution in [3.63, 3.8) is 0 Å². The minimum atomic E-state index is -1.17. The molecule has 1 heterocycles. The van der Waals surface area contributed by atoms with E-state index in [0.717, 1.165) is 4.90 Å². The summed E-state index contributed by atoms with van der Waals surface area (Å²) in [5.74, 6) is -2.35. The molecule has 1 N–H and O–H groups in total. The first-order valence-corrected chi connectivity index (χ1v) is 7.77. The molecule has 0 radical (unpaired) electrons. The average molecular weight is 415 g/mol. The third-order valence-corrected chi connectivity index (χ3v) is 4.75. The van der Waals surface area contributed by atoms with Crippen LogP contribution in [0.2, 0.25) is 10.0 Å². The Morgan fingerprint density at radius 1 is 1.00 bits per heavy atom. The van der Waals surface area contributed by atoms with Gasteiger partial charge in [-0.15, -0.1) is 0 Å². The maximum absolute atomic E-state index is 12.5. The van der Waals surface area contributed by atoms with Gasteiger partial charge in [-0.05, 0) is 46.3 Å². The van der Waals surface area contributed by atoms with E-state index in [4.69, 9.17) is 28.3 Å². The van der Waals surface area contributed by atoms with Gasteiger partial charge in [-0.2, -0.15) is 0 Å². The number of aromatic carboxylic acids is 1. The first-order chi connectivity index (χ1) is 10.8. The highest BCUT2D eigenvalue weighted by Crippen LogP contribution is 2.37. The zero-order chi connectivity index (χ0) is 16.9. The Kier molecular flexibility index (Phi) is 3.91. The minimum Gasteiger partial charge on any atom is -0.478 e. The Hall–Kier alpha value is -1.89. The number of carboxylic acid groups (broad SMARTS) is 1. The summed E-state index contributed by atoms with van der Waals surface area (Å²) < 4.78 is 0.411. The Morgan fingerprint density at radius 2 is 1.52 bits per heavy atom. The molecule has 0 saturated carbocycles. The fourth-order valence-corrected chi connectivity index (χ4v) is 3.02. The van der Waals surface area contributed by atoms with Crippen molar-refractivity contribution >= 4 is 62.6 Å². The molecule has 2 aromatic rings. The van der Waals surface area contributed by atoms with Crippen molar-refractivity contribution < 1.29 is 19.5 Å². The molecule has 0 spiro atoms. The lowest BCUT2D eigenvalue weighted by Gasteiger charge is -2.16. The molecule has 0 atom stereocenters. The molecule has 3 rings (SSSR count). The fraction of sp³-hybridized carbons (Fsp3) is 0. The van der Waals surface area contributed by atoms with E-state index in [0.29, 0.717) is 4.47 Å². The molecule has 0 saturated heterocycles. The lowest BCUT2D eigenvalue weighted by molar-refractivity contribution is 0.0695. The van der Waals surface area contributed by atoms with Gasteiger partial charge in [0.05, 0.1) is 32.4 Å². The first kappa shape index (κ1) is 16.0. The van der Waals surface area contributed by atoms with Gasteiger partial charge in [-0.3, -0.25) is 9.59 Å². The summed E-state index contributed by atoms with van der Waals surface area (Å²) in [4.78, 5) is 37.1. The van der Waals surface area contributed by atoms with Crippen LogP contribution in [0, 0.1) is 0 Å². The third kappa shape index (κ3) is 2.52. The predicted molar refractivity (Wildman–Crippen MR) is 88.7 cm³/mol. The van der Waals surface area contributed by atoms with Gasteiger partial charge in [-0.1, -0.05) is 23.2 Å². The minimum absolute atomic E-state index is 0.0455. The predicted octanol–water partition coefficient (Wildman–Crippen LogP) is 4.25. The highest BCUT2D eigenvalue weighted by Gasteiger charge is 2.38. The van der Waals surface area contributed by atoms with Gasteiger partial charge in [0.1, 0.15) is 0 Å². The standard InChI is InChI=1S/C15H6BrCl2NO4/c16-9-2-1-6(15(22)23)3-12(9)19-13(20)7-4-10(17)11(18)5-8(7)14(19)21/h1-5H,(H,22,23). The number of fused-ring (bicyclic) bond motifs is 1. The SMILES string of the molecule is O=C(O)c1ccc(Br)c(N2C(=O)c3cc(Cl)c(Cl)cc3C2=O)c1. The zero-order valence-electron chi connectivity index (χ0n) is 11.1. The second-order valence-electron chi connectivity index (χ2n) is 4.73. The van der Waals surface area contributed by atoms with Crippen molar-refractivity contribution in [3.05, 3.63) is 61.5 Å². The molecule has 8 heteroatoms. The highest BCUT2D eigenvalue weighted by molar-refractivity contribution is 9.10. The molecular formula is C15H6BrCl2NO4. The van der Waals surface area contributed by atoms with Crippen molar-refractivity contribution in [3.8, 4) is 0 Å². The van der Waals surface area contributed by atoms with Crippen molar-refractivity contribution in [2.75, 3.05) is 4.90 Å². The number of carbonyl (C=O) groups is 3. The van der Waals surface area contributed by atoms with E-state index >= 15 is 0 Å². The summed E-state index contributed by atoms with van der Waals surface area (Å²) in [7, 11) is 0. The first-order valence-electron chi connectivity index (χ1n) is 6.22. The molecule has 116 valence electrons. The molecule has 1 aliphatic rings. The van der Waals surface area contributed by atoms with Gasteiger partial charge in [0.2, 0.25) is 0 Å². The molecule has 0 aliphatic carbocycles. The number of carbonyl (C=O) groups excluding carboxylic acids is 2. The van der Waals surface area contributed by atoms with Crippen LogP contribution in [0.5, 0.6) is 0 Å². The highest BCUT2D eigenvalue weighted by atomic mass is 79.9. The molecule has 1 aliphatic heterocycles. The van der Waals surface area contributed by atoms with Crippen LogP contribution in [0.4, 0.5) is 5.69 Å². The Bertz CT molecular complexity index is 856. The molecule has 0 aromatic heterocycles. The number of rotatable bonds is 2. The molecule has 0 fully saturated rings. The Labute approximate surface area is 148 Å². The van der Waals surface area contributed by atoms with E-state index in [-0.39, 0.29) is 32.4 Å². The maximum atomic E-state index is 12.5. The van der Waals surface area contributed by atoms with E-state index in [1.165, 1.54) is 30.3 Å². The van der Waals surface area contributed by atoms with E-state index in [2.05, 4.69) is 15.9 Å². The smallest absolute Gasteiger partial charge is 0.335 e. The number of anilines is 1. The van der Waals surface area contributed by atoms with Crippen molar-refractivity contribution in [1.82, 2.24) is 0 Å². The molecule has 2 aromatic carbocycles. The molecule has 0 unspecified atom stereocenters. The van der Waals surface area contributed by atoms with Crippen molar-refractivity contribution in [2.24, 2.45) is 0 Å². The van der Waals surface area contributed by atoms with Gasteiger partial charge >= 0.3 is 5.97 Å². The largest absolute Gasteiger partial charge is 0.478 e. The Balaban J connectivity index is 2.16.